The Labute approximate surface area is 134 Å². The number of benzene rings is 1. The van der Waals surface area contributed by atoms with E-state index >= 15 is 0 Å². The zero-order valence-corrected chi connectivity index (χ0v) is 13.2. The minimum atomic E-state index is 0. The highest BCUT2D eigenvalue weighted by Gasteiger charge is 2.22. The number of rotatable bonds is 4. The number of thiazole rings is 1. The molecule has 1 aromatic carbocycles. The Bertz CT molecular complexity index is 582. The molecule has 1 atom stereocenters. The summed E-state index contributed by atoms with van der Waals surface area (Å²) >= 11 is 1.55. The first kappa shape index (κ1) is 15.9. The molecule has 2 aromatic rings. The molecule has 0 radical (unpaired) electrons. The second kappa shape index (κ2) is 7.54. The molecule has 1 fully saturated rings. The molecule has 0 bridgehead atoms. The van der Waals surface area contributed by atoms with E-state index in [0.717, 1.165) is 30.8 Å². The number of anilines is 1. The standard InChI is InChI=1S/C15H17N3OS.ClH/c19-14(12-6-7-16-9-12)18-15-17-10-13(20-15)8-11-4-2-1-3-5-11;/h1-5,10,12,16H,6-9H2,(H,17,18,19);1H. The van der Waals surface area contributed by atoms with Crippen LogP contribution in [0.4, 0.5) is 5.13 Å². The Balaban J connectivity index is 0.00000161. The first-order valence-electron chi connectivity index (χ1n) is 6.81. The summed E-state index contributed by atoms with van der Waals surface area (Å²) in [7, 11) is 0. The van der Waals surface area contributed by atoms with Crippen LogP contribution in [0.15, 0.2) is 36.5 Å². The molecule has 0 saturated carbocycles. The Morgan fingerprint density at radius 3 is 2.90 bits per heavy atom. The monoisotopic (exact) mass is 323 g/mol. The average molecular weight is 324 g/mol. The molecular weight excluding hydrogens is 306 g/mol. The van der Waals surface area contributed by atoms with Crippen molar-refractivity contribution in [3.8, 4) is 0 Å². The summed E-state index contributed by atoms with van der Waals surface area (Å²) in [5.41, 5.74) is 1.26. The molecule has 1 aromatic heterocycles. The molecule has 112 valence electrons. The Kier molecular flexibility index (Phi) is 5.73. The van der Waals surface area contributed by atoms with E-state index in [1.807, 2.05) is 24.4 Å². The third-order valence-electron chi connectivity index (χ3n) is 3.44. The predicted octanol–water partition coefficient (Wildman–Crippen LogP) is 2.70. The number of hydrogen-bond acceptors (Lipinski definition) is 4. The molecule has 6 heteroatoms. The van der Waals surface area contributed by atoms with Crippen LogP contribution < -0.4 is 10.6 Å². The van der Waals surface area contributed by atoms with Gasteiger partial charge in [0, 0.05) is 24.0 Å². The molecule has 1 saturated heterocycles. The Morgan fingerprint density at radius 1 is 1.38 bits per heavy atom. The summed E-state index contributed by atoms with van der Waals surface area (Å²) in [6.45, 7) is 1.70. The molecule has 0 aliphatic carbocycles. The maximum absolute atomic E-state index is 12.0. The average Bonchev–Trinajstić information content (AvgIpc) is 3.11. The lowest BCUT2D eigenvalue weighted by Crippen LogP contribution is -2.24. The van der Waals surface area contributed by atoms with Crippen molar-refractivity contribution in [2.45, 2.75) is 12.8 Å². The molecule has 1 amide bonds. The van der Waals surface area contributed by atoms with E-state index in [0.29, 0.717) is 5.13 Å². The highest BCUT2D eigenvalue weighted by Crippen LogP contribution is 2.22. The number of nitrogens with one attached hydrogen (secondary N) is 2. The SMILES string of the molecule is Cl.O=C(Nc1ncc(Cc2ccccc2)s1)C1CCNC1. The van der Waals surface area contributed by atoms with Crippen LogP contribution >= 0.6 is 23.7 Å². The number of amides is 1. The highest BCUT2D eigenvalue weighted by molar-refractivity contribution is 7.15. The van der Waals surface area contributed by atoms with Gasteiger partial charge in [-0.25, -0.2) is 4.98 Å². The summed E-state index contributed by atoms with van der Waals surface area (Å²) in [6.07, 6.45) is 3.62. The zero-order valence-electron chi connectivity index (χ0n) is 11.5. The number of carbonyl (C=O) groups is 1. The summed E-state index contributed by atoms with van der Waals surface area (Å²) in [6, 6.07) is 10.3. The topological polar surface area (TPSA) is 54.0 Å². The second-order valence-electron chi connectivity index (χ2n) is 4.97. The van der Waals surface area contributed by atoms with Gasteiger partial charge in [-0.1, -0.05) is 30.3 Å². The molecule has 1 aliphatic rings. The Morgan fingerprint density at radius 2 is 2.19 bits per heavy atom. The van der Waals surface area contributed by atoms with E-state index in [1.165, 1.54) is 5.56 Å². The fraction of sp³-hybridized carbons (Fsp3) is 0.333. The summed E-state index contributed by atoms with van der Waals surface area (Å²) in [4.78, 5) is 17.5. The lowest BCUT2D eigenvalue weighted by Gasteiger charge is -2.06. The van der Waals surface area contributed by atoms with Crippen molar-refractivity contribution in [2.24, 2.45) is 5.92 Å². The van der Waals surface area contributed by atoms with E-state index < -0.39 is 0 Å². The van der Waals surface area contributed by atoms with Crippen molar-refractivity contribution in [3.05, 3.63) is 47.0 Å². The van der Waals surface area contributed by atoms with E-state index in [-0.39, 0.29) is 24.2 Å². The van der Waals surface area contributed by atoms with Gasteiger partial charge >= 0.3 is 0 Å². The highest BCUT2D eigenvalue weighted by atomic mass is 35.5. The largest absolute Gasteiger partial charge is 0.316 e. The minimum Gasteiger partial charge on any atom is -0.316 e. The van der Waals surface area contributed by atoms with Gasteiger partial charge in [0.05, 0.1) is 5.92 Å². The van der Waals surface area contributed by atoms with Gasteiger partial charge in [-0.15, -0.1) is 23.7 Å². The number of hydrogen-bond donors (Lipinski definition) is 2. The third-order valence-corrected chi connectivity index (χ3v) is 4.35. The van der Waals surface area contributed by atoms with Crippen molar-refractivity contribution in [3.63, 3.8) is 0 Å². The number of aromatic nitrogens is 1. The molecule has 2 N–H and O–H groups in total. The van der Waals surface area contributed by atoms with Crippen LogP contribution in [0.3, 0.4) is 0 Å². The van der Waals surface area contributed by atoms with Crippen molar-refractivity contribution in [1.82, 2.24) is 10.3 Å². The van der Waals surface area contributed by atoms with Gasteiger partial charge in [-0.3, -0.25) is 4.79 Å². The maximum Gasteiger partial charge on any atom is 0.230 e. The van der Waals surface area contributed by atoms with Crippen LogP contribution in [-0.4, -0.2) is 24.0 Å². The molecular formula is C15H18ClN3OS. The van der Waals surface area contributed by atoms with Crippen molar-refractivity contribution in [1.29, 1.82) is 0 Å². The van der Waals surface area contributed by atoms with Gasteiger partial charge < -0.3 is 10.6 Å². The zero-order chi connectivity index (χ0) is 13.8. The van der Waals surface area contributed by atoms with Crippen LogP contribution in [0.25, 0.3) is 0 Å². The second-order valence-corrected chi connectivity index (χ2v) is 6.09. The van der Waals surface area contributed by atoms with Crippen LogP contribution in [-0.2, 0) is 11.2 Å². The van der Waals surface area contributed by atoms with E-state index in [9.17, 15) is 4.79 Å². The molecule has 1 unspecified atom stereocenters. The molecule has 4 nitrogen and oxygen atoms in total. The Hall–Kier alpha value is -1.43. The maximum atomic E-state index is 12.0. The quantitative estimate of drug-likeness (QED) is 0.909. The number of halogens is 1. The van der Waals surface area contributed by atoms with Crippen molar-refractivity contribution in [2.75, 3.05) is 18.4 Å². The first-order chi connectivity index (χ1) is 9.81. The molecule has 0 spiro atoms. The smallest absolute Gasteiger partial charge is 0.230 e. The van der Waals surface area contributed by atoms with E-state index in [1.54, 1.807) is 11.3 Å². The lowest BCUT2D eigenvalue weighted by molar-refractivity contribution is -0.119. The van der Waals surface area contributed by atoms with Gasteiger partial charge in [0.1, 0.15) is 0 Å². The molecule has 21 heavy (non-hydrogen) atoms. The molecule has 2 heterocycles. The fourth-order valence-electron chi connectivity index (χ4n) is 2.33. The lowest BCUT2D eigenvalue weighted by atomic mass is 10.1. The van der Waals surface area contributed by atoms with Gasteiger partial charge in [0.25, 0.3) is 0 Å². The van der Waals surface area contributed by atoms with Crippen molar-refractivity contribution >= 4 is 34.8 Å². The van der Waals surface area contributed by atoms with Crippen LogP contribution in [0.2, 0.25) is 0 Å². The minimum absolute atomic E-state index is 0. The van der Waals surface area contributed by atoms with Gasteiger partial charge in [0.15, 0.2) is 5.13 Å². The van der Waals surface area contributed by atoms with Crippen LogP contribution in [0, 0.1) is 5.92 Å². The summed E-state index contributed by atoms with van der Waals surface area (Å²) < 4.78 is 0. The van der Waals surface area contributed by atoms with Crippen LogP contribution in [0.1, 0.15) is 16.9 Å². The van der Waals surface area contributed by atoms with Gasteiger partial charge in [0.2, 0.25) is 5.91 Å². The van der Waals surface area contributed by atoms with Crippen LogP contribution in [0.5, 0.6) is 0 Å². The van der Waals surface area contributed by atoms with Crippen molar-refractivity contribution < 1.29 is 4.79 Å². The third kappa shape index (κ3) is 4.27. The number of nitrogens with zero attached hydrogens (tertiary/aromatic N) is 1. The molecule has 1 aliphatic heterocycles. The molecule has 3 rings (SSSR count). The first-order valence-corrected chi connectivity index (χ1v) is 7.63. The number of carbonyl (C=O) groups excluding carboxylic acids is 1. The van der Waals surface area contributed by atoms with E-state index in [4.69, 9.17) is 0 Å². The normalized spacial score (nSPS) is 17.2. The summed E-state index contributed by atoms with van der Waals surface area (Å²) in [5.74, 6) is 0.159. The van der Waals surface area contributed by atoms with Gasteiger partial charge in [-0.05, 0) is 18.5 Å². The van der Waals surface area contributed by atoms with Gasteiger partial charge in [-0.2, -0.15) is 0 Å². The van der Waals surface area contributed by atoms with E-state index in [2.05, 4.69) is 27.8 Å². The predicted molar refractivity (Wildman–Crippen MR) is 88.2 cm³/mol. The fourth-order valence-corrected chi connectivity index (χ4v) is 3.18. The summed E-state index contributed by atoms with van der Waals surface area (Å²) in [5, 5.41) is 6.82.